The zero-order valence-corrected chi connectivity index (χ0v) is 18.4. The number of hydrogen-bond donors (Lipinski definition) is 2. The number of rotatable bonds is 8. The molecule has 0 aliphatic rings. The lowest BCUT2D eigenvalue weighted by atomic mass is 10.00. The lowest BCUT2D eigenvalue weighted by Crippen LogP contribution is -2.38. The number of hydrogen-bond acceptors (Lipinski definition) is 4. The number of nitrogens with one attached hydrogen (secondary N) is 2. The van der Waals surface area contributed by atoms with Crippen molar-refractivity contribution in [3.8, 4) is 0 Å². The van der Waals surface area contributed by atoms with Gasteiger partial charge in [-0.1, -0.05) is 44.2 Å². The van der Waals surface area contributed by atoms with Crippen molar-refractivity contribution >= 4 is 15.9 Å². The Hall–Kier alpha value is -3.04. The molecule has 164 valence electrons. The summed E-state index contributed by atoms with van der Waals surface area (Å²) in [6.07, 6.45) is 2.64. The van der Waals surface area contributed by atoms with Crippen LogP contribution in [0.2, 0.25) is 0 Å². The Balaban J connectivity index is 1.83. The van der Waals surface area contributed by atoms with Crippen molar-refractivity contribution in [3.05, 3.63) is 83.4 Å². The van der Waals surface area contributed by atoms with E-state index in [1.807, 2.05) is 19.9 Å². The van der Waals surface area contributed by atoms with E-state index in [1.54, 1.807) is 37.4 Å². The molecule has 0 spiro atoms. The fourth-order valence-corrected chi connectivity index (χ4v) is 4.10. The Kier molecular flexibility index (Phi) is 6.87. The fraction of sp³-hybridized carbons (Fsp3) is 0.273. The molecule has 1 atom stereocenters. The van der Waals surface area contributed by atoms with Crippen LogP contribution < -0.4 is 10.0 Å². The van der Waals surface area contributed by atoms with Crippen molar-refractivity contribution in [1.82, 2.24) is 19.8 Å². The number of carbonyl (C=O) groups excluding carboxylic acids is 1. The number of nitrogens with zero attached hydrogens (tertiary/aromatic N) is 2. The third-order valence-corrected chi connectivity index (χ3v) is 6.20. The second-order valence-corrected chi connectivity index (χ2v) is 9.33. The number of benzene rings is 2. The summed E-state index contributed by atoms with van der Waals surface area (Å²) >= 11 is 0. The average Bonchev–Trinajstić information content (AvgIpc) is 3.18. The van der Waals surface area contributed by atoms with Crippen LogP contribution >= 0.6 is 0 Å². The van der Waals surface area contributed by atoms with E-state index in [0.29, 0.717) is 11.1 Å². The number of carbonyl (C=O) groups is 1. The number of sulfonamides is 1. The molecule has 1 aromatic heterocycles. The molecule has 2 N–H and O–H groups in total. The molecule has 2 aromatic carbocycles. The van der Waals surface area contributed by atoms with Crippen molar-refractivity contribution < 1.29 is 17.6 Å². The highest BCUT2D eigenvalue weighted by Crippen LogP contribution is 2.20. The standard InChI is InChI=1S/C22H25FN4O3S/c1-15(2)17-9-18(11-19(23)10-17)22(28)26-21(16-7-5-4-6-8-16)13-25-31(29,30)20-12-24-27(3)14-20/h4-12,14-15,21,25H,13H2,1-3H3,(H,26,28). The minimum absolute atomic E-state index is 0.0276. The van der Waals surface area contributed by atoms with Crippen molar-refractivity contribution in [1.29, 1.82) is 0 Å². The van der Waals surface area contributed by atoms with Crippen LogP contribution in [0.5, 0.6) is 0 Å². The summed E-state index contributed by atoms with van der Waals surface area (Å²) in [7, 11) is -2.19. The Labute approximate surface area is 181 Å². The highest BCUT2D eigenvalue weighted by atomic mass is 32.2. The van der Waals surface area contributed by atoms with Crippen molar-refractivity contribution in [3.63, 3.8) is 0 Å². The predicted molar refractivity (Wildman–Crippen MR) is 116 cm³/mol. The molecule has 0 aliphatic heterocycles. The lowest BCUT2D eigenvalue weighted by molar-refractivity contribution is 0.0936. The molecule has 3 aromatic rings. The van der Waals surface area contributed by atoms with Gasteiger partial charge >= 0.3 is 0 Å². The summed E-state index contributed by atoms with van der Waals surface area (Å²) < 4.78 is 43.1. The normalized spacial score (nSPS) is 12.7. The third kappa shape index (κ3) is 5.77. The maximum Gasteiger partial charge on any atom is 0.251 e. The SMILES string of the molecule is CC(C)c1cc(F)cc(C(=O)NC(CNS(=O)(=O)c2cnn(C)c2)c2ccccc2)c1. The topological polar surface area (TPSA) is 93.1 Å². The van der Waals surface area contributed by atoms with Crippen molar-refractivity contribution in [2.75, 3.05) is 6.54 Å². The van der Waals surface area contributed by atoms with Gasteiger partial charge in [-0.3, -0.25) is 9.48 Å². The Morgan fingerprint density at radius 3 is 2.45 bits per heavy atom. The smallest absolute Gasteiger partial charge is 0.251 e. The summed E-state index contributed by atoms with van der Waals surface area (Å²) in [5, 5.41) is 6.70. The van der Waals surface area contributed by atoms with E-state index >= 15 is 0 Å². The van der Waals surface area contributed by atoms with Gasteiger partial charge < -0.3 is 5.32 Å². The first-order valence-electron chi connectivity index (χ1n) is 9.80. The third-order valence-electron chi connectivity index (χ3n) is 4.83. The van der Waals surface area contributed by atoms with Crippen LogP contribution in [0.1, 0.15) is 47.3 Å². The molecule has 0 saturated heterocycles. The number of aromatic nitrogens is 2. The summed E-state index contributed by atoms with van der Waals surface area (Å²) in [6, 6.07) is 12.5. The molecular formula is C22H25FN4O3S. The van der Waals surface area contributed by atoms with Gasteiger partial charge in [0.2, 0.25) is 10.0 Å². The van der Waals surface area contributed by atoms with Crippen LogP contribution in [0.15, 0.2) is 65.8 Å². The maximum atomic E-state index is 14.0. The number of amides is 1. The van der Waals surface area contributed by atoms with Gasteiger partial charge in [-0.25, -0.2) is 17.5 Å². The van der Waals surface area contributed by atoms with Gasteiger partial charge in [-0.15, -0.1) is 0 Å². The van der Waals surface area contributed by atoms with E-state index in [4.69, 9.17) is 0 Å². The van der Waals surface area contributed by atoms with Crippen LogP contribution in [-0.4, -0.2) is 30.7 Å². The largest absolute Gasteiger partial charge is 0.344 e. The van der Waals surface area contributed by atoms with Crippen LogP contribution in [0.3, 0.4) is 0 Å². The lowest BCUT2D eigenvalue weighted by Gasteiger charge is -2.20. The second kappa shape index (κ2) is 9.40. The van der Waals surface area contributed by atoms with E-state index in [2.05, 4.69) is 15.1 Å². The highest BCUT2D eigenvalue weighted by Gasteiger charge is 2.22. The summed E-state index contributed by atoms with van der Waals surface area (Å²) in [6.45, 7) is 3.74. The van der Waals surface area contributed by atoms with E-state index in [1.165, 1.54) is 29.2 Å². The second-order valence-electron chi connectivity index (χ2n) is 7.57. The van der Waals surface area contributed by atoms with Gasteiger partial charge in [0.15, 0.2) is 0 Å². The predicted octanol–water partition coefficient (Wildman–Crippen LogP) is 3.13. The molecule has 0 aliphatic carbocycles. The Morgan fingerprint density at radius 2 is 1.84 bits per heavy atom. The Bertz CT molecular complexity index is 1160. The van der Waals surface area contributed by atoms with Crippen LogP contribution in [0, 0.1) is 5.82 Å². The van der Waals surface area contributed by atoms with Crippen LogP contribution in [0.25, 0.3) is 0 Å². The summed E-state index contributed by atoms with van der Waals surface area (Å²) in [4.78, 5) is 12.9. The molecule has 31 heavy (non-hydrogen) atoms. The molecule has 1 amide bonds. The molecule has 1 heterocycles. The zero-order valence-electron chi connectivity index (χ0n) is 17.5. The highest BCUT2D eigenvalue weighted by molar-refractivity contribution is 7.89. The molecule has 1 unspecified atom stereocenters. The average molecular weight is 445 g/mol. The molecule has 0 saturated carbocycles. The summed E-state index contributed by atoms with van der Waals surface area (Å²) in [5.74, 6) is -0.931. The van der Waals surface area contributed by atoms with Gasteiger partial charge in [0.05, 0.1) is 12.2 Å². The van der Waals surface area contributed by atoms with Gasteiger partial charge in [-0.05, 0) is 35.2 Å². The van der Waals surface area contributed by atoms with Crippen LogP contribution in [0.4, 0.5) is 4.39 Å². The monoisotopic (exact) mass is 444 g/mol. The van der Waals surface area contributed by atoms with E-state index in [-0.39, 0.29) is 22.9 Å². The van der Waals surface area contributed by atoms with E-state index in [9.17, 15) is 17.6 Å². The van der Waals surface area contributed by atoms with E-state index in [0.717, 1.165) is 0 Å². The first-order chi connectivity index (χ1) is 14.7. The molecular weight excluding hydrogens is 419 g/mol. The number of halogens is 1. The van der Waals surface area contributed by atoms with Gasteiger partial charge in [-0.2, -0.15) is 5.10 Å². The first kappa shape index (κ1) is 22.6. The summed E-state index contributed by atoms with van der Waals surface area (Å²) in [5.41, 5.74) is 1.60. The minimum atomic E-state index is -3.81. The Morgan fingerprint density at radius 1 is 1.13 bits per heavy atom. The fourth-order valence-electron chi connectivity index (χ4n) is 3.07. The molecule has 0 bridgehead atoms. The first-order valence-corrected chi connectivity index (χ1v) is 11.3. The van der Waals surface area contributed by atoms with Crippen LogP contribution in [-0.2, 0) is 17.1 Å². The molecule has 7 nitrogen and oxygen atoms in total. The van der Waals surface area contributed by atoms with Crippen molar-refractivity contribution in [2.24, 2.45) is 7.05 Å². The molecule has 0 fully saturated rings. The molecule has 0 radical (unpaired) electrons. The van der Waals surface area contributed by atoms with Gasteiger partial charge in [0, 0.05) is 25.4 Å². The van der Waals surface area contributed by atoms with Crippen molar-refractivity contribution in [2.45, 2.75) is 30.7 Å². The zero-order chi connectivity index (χ0) is 22.6. The molecule has 9 heteroatoms. The number of aryl methyl sites for hydroxylation is 1. The quantitative estimate of drug-likeness (QED) is 0.558. The van der Waals surface area contributed by atoms with Gasteiger partial charge in [0.25, 0.3) is 5.91 Å². The minimum Gasteiger partial charge on any atom is -0.344 e. The van der Waals surface area contributed by atoms with E-state index < -0.39 is 27.8 Å². The molecule has 3 rings (SSSR count). The van der Waals surface area contributed by atoms with Gasteiger partial charge in [0.1, 0.15) is 10.7 Å². The maximum absolute atomic E-state index is 14.0.